The summed E-state index contributed by atoms with van der Waals surface area (Å²) in [5, 5.41) is 14.6. The molecule has 2 aromatic rings. The molecule has 1 amide bonds. The Kier molecular flexibility index (Phi) is 6.22. The lowest BCUT2D eigenvalue weighted by Crippen LogP contribution is -2.46. The molecule has 1 aliphatic rings. The maximum absolute atomic E-state index is 12.7. The van der Waals surface area contributed by atoms with Crippen LogP contribution in [0.3, 0.4) is 0 Å². The van der Waals surface area contributed by atoms with E-state index in [9.17, 15) is 4.79 Å². The standard InChI is InChI=1S/C18H30N8O/c1-18(2,3)16(13-25-9-6-20-14-25)21-17(27)15-12-26(23-22-15)11-10-24-7-4-19-5-8-24/h6,9,12,14,16,19H,4-5,7-8,10-11,13H2,1-3H3,(H,21,27)/t16-/m1/s1. The van der Waals surface area contributed by atoms with Gasteiger partial charge in [0.05, 0.1) is 25.1 Å². The number of carbonyl (C=O) groups is 1. The Morgan fingerprint density at radius 1 is 1.30 bits per heavy atom. The minimum absolute atomic E-state index is 0.0507. The molecule has 148 valence electrons. The topological polar surface area (TPSA) is 92.9 Å². The lowest BCUT2D eigenvalue weighted by Gasteiger charge is -2.31. The molecule has 3 rings (SSSR count). The molecular weight excluding hydrogens is 344 g/mol. The van der Waals surface area contributed by atoms with Crippen LogP contribution in [0.4, 0.5) is 0 Å². The number of rotatable bonds is 7. The third-order valence-electron chi connectivity index (χ3n) is 4.93. The third-order valence-corrected chi connectivity index (χ3v) is 4.93. The van der Waals surface area contributed by atoms with Gasteiger partial charge in [-0.2, -0.15) is 0 Å². The highest BCUT2D eigenvalue weighted by atomic mass is 16.2. The Morgan fingerprint density at radius 3 is 2.74 bits per heavy atom. The summed E-state index contributed by atoms with van der Waals surface area (Å²) in [5.41, 5.74) is 0.258. The minimum atomic E-state index is -0.191. The summed E-state index contributed by atoms with van der Waals surface area (Å²) < 4.78 is 3.72. The smallest absolute Gasteiger partial charge is 0.273 e. The largest absolute Gasteiger partial charge is 0.346 e. The van der Waals surface area contributed by atoms with E-state index in [1.807, 2.05) is 10.8 Å². The van der Waals surface area contributed by atoms with Gasteiger partial charge in [-0.3, -0.25) is 14.4 Å². The summed E-state index contributed by atoms with van der Waals surface area (Å²) in [5.74, 6) is -0.191. The number of imidazole rings is 1. The van der Waals surface area contributed by atoms with Crippen molar-refractivity contribution in [3.63, 3.8) is 0 Å². The van der Waals surface area contributed by atoms with Crippen molar-refractivity contribution in [2.24, 2.45) is 5.41 Å². The molecule has 9 heteroatoms. The molecule has 0 radical (unpaired) electrons. The minimum Gasteiger partial charge on any atom is -0.346 e. The highest BCUT2D eigenvalue weighted by Gasteiger charge is 2.27. The van der Waals surface area contributed by atoms with E-state index in [2.05, 4.69) is 51.6 Å². The third kappa shape index (κ3) is 5.61. The predicted octanol–water partition coefficient (Wildman–Crippen LogP) is 0.225. The Labute approximate surface area is 160 Å². The van der Waals surface area contributed by atoms with Crippen molar-refractivity contribution in [3.8, 4) is 0 Å². The highest BCUT2D eigenvalue weighted by Crippen LogP contribution is 2.21. The van der Waals surface area contributed by atoms with Crippen LogP contribution >= 0.6 is 0 Å². The van der Waals surface area contributed by atoms with Gasteiger partial charge in [0.1, 0.15) is 0 Å². The lowest BCUT2D eigenvalue weighted by atomic mass is 9.86. The van der Waals surface area contributed by atoms with Gasteiger partial charge in [-0.1, -0.05) is 26.0 Å². The molecule has 9 nitrogen and oxygen atoms in total. The number of aromatic nitrogens is 5. The number of hydrogen-bond acceptors (Lipinski definition) is 6. The van der Waals surface area contributed by atoms with Crippen molar-refractivity contribution in [1.29, 1.82) is 0 Å². The van der Waals surface area contributed by atoms with Gasteiger partial charge in [-0.15, -0.1) is 5.10 Å². The molecule has 0 bridgehead atoms. The van der Waals surface area contributed by atoms with Crippen LogP contribution in [0.1, 0.15) is 31.3 Å². The van der Waals surface area contributed by atoms with Gasteiger partial charge < -0.3 is 15.2 Å². The second-order valence-corrected chi connectivity index (χ2v) is 8.11. The Balaban J connectivity index is 1.56. The summed E-state index contributed by atoms with van der Waals surface area (Å²) in [6, 6.07) is -0.0507. The van der Waals surface area contributed by atoms with Crippen molar-refractivity contribution in [1.82, 2.24) is 40.1 Å². The summed E-state index contributed by atoms with van der Waals surface area (Å²) in [7, 11) is 0. The molecular formula is C18H30N8O. The van der Waals surface area contributed by atoms with Gasteiger partial charge in [0.25, 0.3) is 5.91 Å². The summed E-state index contributed by atoms with van der Waals surface area (Å²) in [6.45, 7) is 12.8. The van der Waals surface area contributed by atoms with Crippen molar-refractivity contribution < 1.29 is 4.79 Å². The fourth-order valence-corrected chi connectivity index (χ4v) is 3.06. The first-order chi connectivity index (χ1) is 12.9. The molecule has 0 saturated carbocycles. The van der Waals surface area contributed by atoms with E-state index < -0.39 is 0 Å². The molecule has 3 heterocycles. The number of piperazine rings is 1. The Hall–Kier alpha value is -2.26. The highest BCUT2D eigenvalue weighted by molar-refractivity contribution is 5.92. The summed E-state index contributed by atoms with van der Waals surface area (Å²) in [6.07, 6.45) is 7.13. The molecule has 0 aromatic carbocycles. The van der Waals surface area contributed by atoms with E-state index in [1.54, 1.807) is 23.4 Å². The maximum Gasteiger partial charge on any atom is 0.273 e. The first-order valence-corrected chi connectivity index (χ1v) is 9.51. The molecule has 1 saturated heterocycles. The molecule has 0 unspecified atom stereocenters. The zero-order chi connectivity index (χ0) is 19.3. The van der Waals surface area contributed by atoms with Crippen molar-refractivity contribution >= 4 is 5.91 Å². The van der Waals surface area contributed by atoms with Crippen LogP contribution in [-0.4, -0.2) is 74.1 Å². The number of carbonyl (C=O) groups excluding carboxylic acids is 1. The monoisotopic (exact) mass is 374 g/mol. The maximum atomic E-state index is 12.7. The zero-order valence-corrected chi connectivity index (χ0v) is 16.4. The molecule has 0 spiro atoms. The average molecular weight is 374 g/mol. The quantitative estimate of drug-likeness (QED) is 0.720. The van der Waals surface area contributed by atoms with Gasteiger partial charge in [-0.25, -0.2) is 4.98 Å². The van der Waals surface area contributed by atoms with Gasteiger partial charge in [0, 0.05) is 51.7 Å². The van der Waals surface area contributed by atoms with Crippen molar-refractivity contribution in [2.75, 3.05) is 32.7 Å². The molecule has 2 aromatic heterocycles. The average Bonchev–Trinajstić information content (AvgIpc) is 3.31. The normalized spacial score (nSPS) is 17.0. The second kappa shape index (κ2) is 8.62. The predicted molar refractivity (Wildman–Crippen MR) is 102 cm³/mol. The fourth-order valence-electron chi connectivity index (χ4n) is 3.06. The van der Waals surface area contributed by atoms with Crippen LogP contribution in [0, 0.1) is 5.41 Å². The number of hydrogen-bond donors (Lipinski definition) is 2. The van der Waals surface area contributed by atoms with E-state index in [4.69, 9.17) is 0 Å². The second-order valence-electron chi connectivity index (χ2n) is 8.11. The number of amides is 1. The van der Waals surface area contributed by atoms with Crippen LogP contribution in [0.5, 0.6) is 0 Å². The lowest BCUT2D eigenvalue weighted by molar-refractivity contribution is 0.0887. The van der Waals surface area contributed by atoms with E-state index in [0.29, 0.717) is 12.2 Å². The molecule has 1 aliphatic heterocycles. The Morgan fingerprint density at radius 2 is 2.07 bits per heavy atom. The van der Waals surface area contributed by atoms with Gasteiger partial charge in [0.2, 0.25) is 0 Å². The zero-order valence-electron chi connectivity index (χ0n) is 16.4. The van der Waals surface area contributed by atoms with Gasteiger partial charge in [0.15, 0.2) is 5.69 Å². The van der Waals surface area contributed by atoms with E-state index >= 15 is 0 Å². The van der Waals surface area contributed by atoms with Gasteiger partial charge in [-0.05, 0) is 5.41 Å². The van der Waals surface area contributed by atoms with Crippen LogP contribution in [0.15, 0.2) is 24.9 Å². The number of nitrogens with one attached hydrogen (secondary N) is 2. The first kappa shape index (κ1) is 19.5. The molecule has 2 N–H and O–H groups in total. The fraction of sp³-hybridized carbons (Fsp3) is 0.667. The summed E-state index contributed by atoms with van der Waals surface area (Å²) >= 11 is 0. The van der Waals surface area contributed by atoms with Crippen molar-refractivity contribution in [3.05, 3.63) is 30.6 Å². The molecule has 1 atom stereocenters. The molecule has 27 heavy (non-hydrogen) atoms. The SMILES string of the molecule is CC(C)(C)[C@@H](Cn1ccnc1)NC(=O)c1cn(CCN2CCNCC2)nn1. The first-order valence-electron chi connectivity index (χ1n) is 9.51. The van der Waals surface area contributed by atoms with Crippen LogP contribution in [0.2, 0.25) is 0 Å². The van der Waals surface area contributed by atoms with E-state index in [-0.39, 0.29) is 17.4 Å². The van der Waals surface area contributed by atoms with Crippen molar-refractivity contribution in [2.45, 2.75) is 39.9 Å². The van der Waals surface area contributed by atoms with Crippen LogP contribution in [-0.2, 0) is 13.1 Å². The molecule has 1 fully saturated rings. The van der Waals surface area contributed by atoms with Gasteiger partial charge >= 0.3 is 0 Å². The van der Waals surface area contributed by atoms with Crippen LogP contribution in [0.25, 0.3) is 0 Å². The van der Waals surface area contributed by atoms with E-state index in [1.165, 1.54) is 0 Å². The summed E-state index contributed by atoms with van der Waals surface area (Å²) in [4.78, 5) is 19.1. The van der Waals surface area contributed by atoms with Crippen LogP contribution < -0.4 is 10.6 Å². The van der Waals surface area contributed by atoms with E-state index in [0.717, 1.165) is 39.3 Å². The molecule has 0 aliphatic carbocycles. The Bertz CT molecular complexity index is 712. The number of nitrogens with zero attached hydrogens (tertiary/aromatic N) is 6.